The molecule has 0 aromatic rings. The van der Waals surface area contributed by atoms with Crippen LogP contribution in [0.15, 0.2) is 0 Å². The lowest BCUT2D eigenvalue weighted by Gasteiger charge is -2.54. The average molecular weight is 287 g/mol. The lowest BCUT2D eigenvalue weighted by Crippen LogP contribution is -2.68. The van der Waals surface area contributed by atoms with Crippen molar-refractivity contribution in [3.05, 3.63) is 0 Å². The van der Waals surface area contributed by atoms with E-state index < -0.39 is 28.9 Å². The summed E-state index contributed by atoms with van der Waals surface area (Å²) in [7, 11) is 0. The summed E-state index contributed by atoms with van der Waals surface area (Å²) in [5, 5.41) is 18.7. The van der Waals surface area contributed by atoms with E-state index in [0.29, 0.717) is 13.2 Å². The minimum absolute atomic E-state index is 0.00533. The Labute approximate surface area is 117 Å². The Bertz CT molecular complexity index is 421. The zero-order valence-electron chi connectivity index (χ0n) is 12.0. The van der Waals surface area contributed by atoms with Gasteiger partial charge < -0.3 is 24.6 Å². The first-order valence-corrected chi connectivity index (χ1v) is 6.63. The molecule has 2 aliphatic rings. The SMILES string of the molecule is CC(C)(C)OC(=O)N1CCOC2(C1)CC(O)(C(=O)O)C2. The number of morpholine rings is 1. The third-order valence-electron chi connectivity index (χ3n) is 3.53. The molecular formula is C13H21NO6. The Hall–Kier alpha value is -1.34. The first-order chi connectivity index (χ1) is 9.05. The van der Waals surface area contributed by atoms with Crippen LogP contribution in [0.4, 0.5) is 4.79 Å². The number of hydrogen-bond acceptors (Lipinski definition) is 5. The molecule has 1 spiro atoms. The van der Waals surface area contributed by atoms with Crippen LogP contribution < -0.4 is 0 Å². The second-order valence-electron chi connectivity index (χ2n) is 6.62. The van der Waals surface area contributed by atoms with Gasteiger partial charge in [-0.05, 0) is 20.8 Å². The maximum atomic E-state index is 12.0. The van der Waals surface area contributed by atoms with Crippen molar-refractivity contribution in [3.63, 3.8) is 0 Å². The van der Waals surface area contributed by atoms with Gasteiger partial charge in [0, 0.05) is 19.4 Å². The van der Waals surface area contributed by atoms with Gasteiger partial charge >= 0.3 is 12.1 Å². The number of carboxylic acid groups (broad SMARTS) is 1. The highest BCUT2D eigenvalue weighted by atomic mass is 16.6. The molecule has 0 bridgehead atoms. The van der Waals surface area contributed by atoms with E-state index in [1.54, 1.807) is 20.8 Å². The number of amides is 1. The summed E-state index contributed by atoms with van der Waals surface area (Å²) in [5.41, 5.74) is -3.08. The molecular weight excluding hydrogens is 266 g/mol. The molecule has 0 unspecified atom stereocenters. The predicted molar refractivity (Wildman–Crippen MR) is 68.3 cm³/mol. The smallest absolute Gasteiger partial charge is 0.410 e. The largest absolute Gasteiger partial charge is 0.479 e. The molecule has 2 fully saturated rings. The summed E-state index contributed by atoms with van der Waals surface area (Å²) in [6, 6.07) is 0. The molecule has 1 saturated heterocycles. The maximum absolute atomic E-state index is 12.0. The fourth-order valence-electron chi connectivity index (χ4n) is 2.71. The van der Waals surface area contributed by atoms with E-state index in [1.807, 2.05) is 0 Å². The van der Waals surface area contributed by atoms with E-state index in [1.165, 1.54) is 4.90 Å². The van der Waals surface area contributed by atoms with Crippen LogP contribution in [0.2, 0.25) is 0 Å². The molecule has 1 amide bonds. The zero-order valence-corrected chi connectivity index (χ0v) is 12.0. The highest BCUT2D eigenvalue weighted by Crippen LogP contribution is 2.46. The third-order valence-corrected chi connectivity index (χ3v) is 3.53. The monoisotopic (exact) mass is 287 g/mol. The second kappa shape index (κ2) is 4.60. The Balaban J connectivity index is 1.97. The molecule has 7 heteroatoms. The maximum Gasteiger partial charge on any atom is 0.410 e. The molecule has 0 aromatic heterocycles. The van der Waals surface area contributed by atoms with Crippen molar-refractivity contribution < 1.29 is 29.3 Å². The summed E-state index contributed by atoms with van der Waals surface area (Å²) >= 11 is 0. The molecule has 1 heterocycles. The van der Waals surface area contributed by atoms with Gasteiger partial charge in [0.25, 0.3) is 0 Å². The first-order valence-electron chi connectivity index (χ1n) is 6.63. The number of rotatable bonds is 1. The molecule has 2 N–H and O–H groups in total. The van der Waals surface area contributed by atoms with Crippen LogP contribution in [0, 0.1) is 0 Å². The third kappa shape index (κ3) is 2.88. The Kier molecular flexibility index (Phi) is 3.46. The molecule has 7 nitrogen and oxygen atoms in total. The number of ether oxygens (including phenoxy) is 2. The van der Waals surface area contributed by atoms with Gasteiger partial charge in [0.1, 0.15) is 5.60 Å². The predicted octanol–water partition coefficient (Wildman–Crippen LogP) is 0.602. The summed E-state index contributed by atoms with van der Waals surface area (Å²) < 4.78 is 10.9. The van der Waals surface area contributed by atoms with E-state index >= 15 is 0 Å². The van der Waals surface area contributed by atoms with Gasteiger partial charge in [-0.1, -0.05) is 0 Å². The van der Waals surface area contributed by atoms with Gasteiger partial charge in [0.15, 0.2) is 5.60 Å². The number of hydrogen-bond donors (Lipinski definition) is 2. The molecule has 0 atom stereocenters. The summed E-state index contributed by atoms with van der Waals surface area (Å²) in [4.78, 5) is 24.4. The number of aliphatic hydroxyl groups is 1. The van der Waals surface area contributed by atoms with Gasteiger partial charge in [-0.2, -0.15) is 0 Å². The number of nitrogens with zero attached hydrogens (tertiary/aromatic N) is 1. The highest BCUT2D eigenvalue weighted by Gasteiger charge is 2.61. The molecule has 1 saturated carbocycles. The van der Waals surface area contributed by atoms with Crippen LogP contribution in [0.25, 0.3) is 0 Å². The molecule has 2 rings (SSSR count). The Morgan fingerprint density at radius 3 is 2.40 bits per heavy atom. The van der Waals surface area contributed by atoms with Crippen LogP contribution in [0.3, 0.4) is 0 Å². The molecule has 114 valence electrons. The van der Waals surface area contributed by atoms with Crippen LogP contribution >= 0.6 is 0 Å². The highest BCUT2D eigenvalue weighted by molar-refractivity contribution is 5.79. The number of carbonyl (C=O) groups excluding carboxylic acids is 1. The van der Waals surface area contributed by atoms with Crippen molar-refractivity contribution in [1.82, 2.24) is 4.90 Å². The van der Waals surface area contributed by atoms with Gasteiger partial charge in [-0.25, -0.2) is 9.59 Å². The van der Waals surface area contributed by atoms with Crippen molar-refractivity contribution in [2.45, 2.75) is 50.4 Å². The summed E-state index contributed by atoms with van der Waals surface area (Å²) in [5.74, 6) is -1.25. The van der Waals surface area contributed by atoms with E-state index in [9.17, 15) is 14.7 Å². The van der Waals surface area contributed by atoms with Crippen LogP contribution in [0.1, 0.15) is 33.6 Å². The minimum atomic E-state index is -1.74. The van der Waals surface area contributed by atoms with Crippen molar-refractivity contribution in [2.24, 2.45) is 0 Å². The van der Waals surface area contributed by atoms with E-state index in [-0.39, 0.29) is 19.4 Å². The van der Waals surface area contributed by atoms with Gasteiger partial charge in [0.05, 0.1) is 18.8 Å². The molecule has 0 aromatic carbocycles. The standard InChI is InChI=1S/C13H21NO6/c1-11(2,3)20-10(17)14-4-5-19-12(8-14)6-13(18,7-12)9(15)16/h18H,4-8H2,1-3H3,(H,15,16). The second-order valence-corrected chi connectivity index (χ2v) is 6.62. The van der Waals surface area contributed by atoms with Crippen molar-refractivity contribution in [3.8, 4) is 0 Å². The van der Waals surface area contributed by atoms with Gasteiger partial charge in [-0.15, -0.1) is 0 Å². The van der Waals surface area contributed by atoms with E-state index in [4.69, 9.17) is 14.6 Å². The van der Waals surface area contributed by atoms with Crippen molar-refractivity contribution in [2.75, 3.05) is 19.7 Å². The normalized spacial score (nSPS) is 33.7. The molecule has 1 aliphatic heterocycles. The first kappa shape index (κ1) is 15.1. The Morgan fingerprint density at radius 1 is 1.30 bits per heavy atom. The van der Waals surface area contributed by atoms with Crippen molar-refractivity contribution >= 4 is 12.1 Å². The quantitative estimate of drug-likeness (QED) is 0.733. The average Bonchev–Trinajstić information content (AvgIpc) is 2.24. The zero-order chi connectivity index (χ0) is 15.2. The van der Waals surface area contributed by atoms with Crippen molar-refractivity contribution in [1.29, 1.82) is 0 Å². The molecule has 1 aliphatic carbocycles. The van der Waals surface area contributed by atoms with Gasteiger partial charge in [-0.3, -0.25) is 0 Å². The van der Waals surface area contributed by atoms with Crippen LogP contribution in [-0.2, 0) is 14.3 Å². The fraction of sp³-hybridized carbons (Fsp3) is 0.846. The summed E-state index contributed by atoms with van der Waals surface area (Å²) in [6.07, 6.45) is -0.450. The van der Waals surface area contributed by atoms with Gasteiger partial charge in [0.2, 0.25) is 0 Å². The topological polar surface area (TPSA) is 96.3 Å². The van der Waals surface area contributed by atoms with Crippen LogP contribution in [0.5, 0.6) is 0 Å². The lowest BCUT2D eigenvalue weighted by molar-refractivity contribution is -0.236. The number of carboxylic acids is 1. The summed E-state index contributed by atoms with van der Waals surface area (Å²) in [6.45, 7) is 6.32. The number of carbonyl (C=O) groups is 2. The molecule has 20 heavy (non-hydrogen) atoms. The number of aliphatic carboxylic acids is 1. The molecule has 0 radical (unpaired) electrons. The Morgan fingerprint density at radius 2 is 1.90 bits per heavy atom. The lowest BCUT2D eigenvalue weighted by atomic mass is 9.66. The fourth-order valence-corrected chi connectivity index (χ4v) is 2.71. The van der Waals surface area contributed by atoms with E-state index in [2.05, 4.69) is 0 Å². The van der Waals surface area contributed by atoms with Crippen LogP contribution in [-0.4, -0.2) is 63.7 Å². The van der Waals surface area contributed by atoms with E-state index in [0.717, 1.165) is 0 Å². The minimum Gasteiger partial charge on any atom is -0.479 e.